The Bertz CT molecular complexity index is 9280. The summed E-state index contributed by atoms with van der Waals surface area (Å²) in [6.45, 7) is 0. The Balaban J connectivity index is 0.000000136. The van der Waals surface area contributed by atoms with Gasteiger partial charge in [0, 0.05) is 76.5 Å². The zero-order chi connectivity index (χ0) is 84.0. The van der Waals surface area contributed by atoms with E-state index >= 15 is 0 Å². The molecule has 0 amide bonds. The molecule has 0 aliphatic rings. The van der Waals surface area contributed by atoms with Crippen LogP contribution in [0, 0.1) is 0 Å². The van der Waals surface area contributed by atoms with E-state index < -0.39 is 0 Å². The third kappa shape index (κ3) is 11.8. The van der Waals surface area contributed by atoms with Crippen molar-refractivity contribution in [2.24, 2.45) is 0 Å². The molecule has 0 aliphatic heterocycles. The van der Waals surface area contributed by atoms with Crippen LogP contribution in [0.3, 0.4) is 0 Å². The molecule has 0 radical (unpaired) electrons. The van der Waals surface area contributed by atoms with E-state index in [1.54, 1.807) is 0 Å². The van der Waals surface area contributed by atoms with Crippen molar-refractivity contribution in [2.45, 2.75) is 0 Å². The summed E-state index contributed by atoms with van der Waals surface area (Å²) in [5.74, 6) is 3.55. The Kier molecular flexibility index (Phi) is 16.5. The van der Waals surface area contributed by atoms with Crippen LogP contribution in [-0.4, -0.2) is 39.0 Å². The van der Waals surface area contributed by atoms with Crippen LogP contribution in [0.4, 0.5) is 0 Å². The standard InChI is InChI=1S/C61H36N4O.C57H34N4O/c1-2-12-37(13-3-1)38-22-25-41(26-23-38)59-62-60(45-28-30-47-44(34-45)27-24-39-14-6-8-18-46(39)47)64-61(63-59)50-31-33-53(58-57(50)49-20-10-11-21-55(49)66-58)65-52-32-29-40-15-7-9-19-48(40)56(52)51-35-42-16-4-5-17-43(42)36-54(51)65;1-2-14-35(15-3-1)38-21-12-22-41(32-38)55-58-56(44-26-13-20-36-16-6-8-23-42(36)44)60-57(59-55)46-29-31-49(54-53(46)45-25-10-11-27-51(45)62-54)61-48-30-28-37-17-7-9-24-43(37)52(48)47-33-39-18-4-5-19-40(39)34-50(47)61/h1-36H;1-34H. The SMILES string of the molecule is c1ccc(-c2ccc(-c3nc(-c4ccc5c(ccc6ccccc65)c4)nc(-c4ccc(-n5c6cc7ccccc7cc6c6c7ccccc7ccc65)c5oc6ccccc6c45)n3)cc2)cc1.c1ccc(-c2cccc(-c3nc(-c4cccc5ccccc45)nc(-c4ccc(-n5c6cc7ccccc7cc6c6c7ccccc7ccc65)c5oc6ccccc6c45)n3)c2)cc1. The molecule has 0 saturated carbocycles. The van der Waals surface area contributed by atoms with Crippen LogP contribution in [0.2, 0.25) is 0 Å². The Labute approximate surface area is 732 Å². The minimum Gasteiger partial charge on any atom is -0.454 e. The van der Waals surface area contributed by atoms with Gasteiger partial charge in [-0.1, -0.05) is 340 Å². The fourth-order valence-corrected chi connectivity index (χ4v) is 19.8. The molecule has 0 N–H and O–H groups in total. The number of para-hydroxylation sites is 2. The quantitative estimate of drug-likeness (QED) is 0.124. The van der Waals surface area contributed by atoms with Gasteiger partial charge in [0.1, 0.15) is 11.2 Å². The molecule has 6 aromatic heterocycles. The maximum atomic E-state index is 7.02. The van der Waals surface area contributed by atoms with Crippen LogP contribution in [0.25, 0.3) is 265 Å². The highest BCUT2D eigenvalue weighted by molar-refractivity contribution is 6.27. The first-order chi connectivity index (χ1) is 63.4. The van der Waals surface area contributed by atoms with E-state index in [1.165, 1.54) is 80.8 Å². The summed E-state index contributed by atoms with van der Waals surface area (Å²) >= 11 is 0. The van der Waals surface area contributed by atoms with Gasteiger partial charge in [-0.05, 0) is 183 Å². The van der Waals surface area contributed by atoms with Crippen LogP contribution in [-0.2, 0) is 0 Å². The summed E-state index contributed by atoms with van der Waals surface area (Å²) in [6.07, 6.45) is 0. The third-order valence-corrected chi connectivity index (χ3v) is 25.8. The first-order valence-electron chi connectivity index (χ1n) is 43.3. The van der Waals surface area contributed by atoms with Crippen molar-refractivity contribution >= 4 is 163 Å². The maximum absolute atomic E-state index is 7.02. The van der Waals surface area contributed by atoms with E-state index in [0.717, 1.165) is 149 Å². The lowest BCUT2D eigenvalue weighted by Gasteiger charge is -2.13. The summed E-state index contributed by atoms with van der Waals surface area (Å²) in [7, 11) is 0. The molecular weight excluding hydrogens is 1560 g/mol. The highest BCUT2D eigenvalue weighted by Crippen LogP contribution is 2.49. The predicted molar refractivity (Wildman–Crippen MR) is 529 cm³/mol. The van der Waals surface area contributed by atoms with Gasteiger partial charge >= 0.3 is 0 Å². The van der Waals surface area contributed by atoms with Crippen molar-refractivity contribution in [1.29, 1.82) is 0 Å². The second kappa shape index (κ2) is 29.2. The Morgan fingerprint density at radius 1 is 0.164 bits per heavy atom. The van der Waals surface area contributed by atoms with Crippen molar-refractivity contribution in [1.82, 2.24) is 39.0 Å². The van der Waals surface area contributed by atoms with Gasteiger partial charge in [0.05, 0.1) is 33.4 Å². The first-order valence-corrected chi connectivity index (χ1v) is 43.3. The van der Waals surface area contributed by atoms with Crippen LogP contribution in [0.5, 0.6) is 0 Å². The molecule has 0 atom stereocenters. The molecule has 0 unspecified atom stereocenters. The lowest BCUT2D eigenvalue weighted by Crippen LogP contribution is -2.02. The highest BCUT2D eigenvalue weighted by Gasteiger charge is 2.28. The highest BCUT2D eigenvalue weighted by atomic mass is 16.3. The molecule has 0 spiro atoms. The molecule has 594 valence electrons. The minimum atomic E-state index is 0.572. The van der Waals surface area contributed by atoms with Crippen molar-refractivity contribution in [2.75, 3.05) is 0 Å². The number of hydrogen-bond acceptors (Lipinski definition) is 8. The number of benzene rings is 21. The average molecular weight is 1630 g/mol. The second-order valence-corrected chi connectivity index (χ2v) is 33.1. The van der Waals surface area contributed by atoms with Gasteiger partial charge in [-0.15, -0.1) is 0 Å². The number of rotatable bonds is 10. The molecule has 27 aromatic rings. The molecule has 27 rings (SSSR count). The fraction of sp³-hybridized carbons (Fsp3) is 0. The lowest BCUT2D eigenvalue weighted by atomic mass is 10.00. The third-order valence-electron chi connectivity index (χ3n) is 25.8. The molecule has 10 heteroatoms. The van der Waals surface area contributed by atoms with Gasteiger partial charge in [0.2, 0.25) is 0 Å². The van der Waals surface area contributed by atoms with Crippen molar-refractivity contribution < 1.29 is 8.83 Å². The average Bonchev–Trinajstić information content (AvgIpc) is 1.55. The van der Waals surface area contributed by atoms with Crippen molar-refractivity contribution in [3.05, 3.63) is 425 Å². The number of nitrogens with zero attached hydrogens (tertiary/aromatic N) is 8. The Morgan fingerprint density at radius 3 is 1.05 bits per heavy atom. The number of hydrogen-bond donors (Lipinski definition) is 0. The smallest absolute Gasteiger partial charge is 0.164 e. The van der Waals surface area contributed by atoms with E-state index in [1.807, 2.05) is 36.4 Å². The molecule has 128 heavy (non-hydrogen) atoms. The van der Waals surface area contributed by atoms with Crippen molar-refractivity contribution in [3.63, 3.8) is 0 Å². The molecule has 6 heterocycles. The van der Waals surface area contributed by atoms with Crippen LogP contribution in [0.1, 0.15) is 0 Å². The van der Waals surface area contributed by atoms with E-state index in [2.05, 4.69) is 397 Å². The van der Waals surface area contributed by atoms with E-state index in [4.69, 9.17) is 38.7 Å². The van der Waals surface area contributed by atoms with E-state index in [-0.39, 0.29) is 0 Å². The van der Waals surface area contributed by atoms with E-state index in [9.17, 15) is 0 Å². The first kappa shape index (κ1) is 72.3. The largest absolute Gasteiger partial charge is 0.454 e. The van der Waals surface area contributed by atoms with Crippen LogP contribution in [0.15, 0.2) is 433 Å². The van der Waals surface area contributed by atoms with Gasteiger partial charge in [0.25, 0.3) is 0 Å². The molecule has 0 bridgehead atoms. The second-order valence-electron chi connectivity index (χ2n) is 33.1. The lowest BCUT2D eigenvalue weighted by molar-refractivity contribution is 0.666. The summed E-state index contributed by atoms with van der Waals surface area (Å²) in [4.78, 5) is 31.9. The number of furan rings is 2. The molecule has 0 saturated heterocycles. The number of aromatic nitrogens is 8. The zero-order valence-corrected chi connectivity index (χ0v) is 68.8. The number of fused-ring (bicyclic) bond motifs is 22. The topological polar surface area (TPSA) is 113 Å². The van der Waals surface area contributed by atoms with Gasteiger partial charge in [-0.3, -0.25) is 0 Å². The summed E-state index contributed by atoms with van der Waals surface area (Å²) in [5.41, 5.74) is 19.4. The van der Waals surface area contributed by atoms with Crippen LogP contribution >= 0.6 is 0 Å². The van der Waals surface area contributed by atoms with Crippen LogP contribution < -0.4 is 0 Å². The van der Waals surface area contributed by atoms with Gasteiger partial charge in [-0.2, -0.15) is 0 Å². The Morgan fingerprint density at radius 2 is 0.508 bits per heavy atom. The van der Waals surface area contributed by atoms with Gasteiger partial charge in [0.15, 0.2) is 46.1 Å². The van der Waals surface area contributed by atoms with Gasteiger partial charge in [-0.25, -0.2) is 29.9 Å². The molecular formula is C118H70N8O2. The fourth-order valence-electron chi connectivity index (χ4n) is 19.8. The molecule has 0 aliphatic carbocycles. The normalized spacial score (nSPS) is 11.9. The molecule has 10 nitrogen and oxygen atoms in total. The maximum Gasteiger partial charge on any atom is 0.164 e. The molecule has 21 aromatic carbocycles. The minimum absolute atomic E-state index is 0.572. The summed E-state index contributed by atoms with van der Waals surface area (Å²) in [6, 6.07) is 150. The predicted octanol–water partition coefficient (Wildman–Crippen LogP) is 31.1. The Hall–Kier alpha value is -17.3. The van der Waals surface area contributed by atoms with E-state index in [0.29, 0.717) is 34.9 Å². The summed E-state index contributed by atoms with van der Waals surface area (Å²) in [5, 5.41) is 25.3. The zero-order valence-electron chi connectivity index (χ0n) is 68.8. The monoisotopic (exact) mass is 1630 g/mol. The summed E-state index contributed by atoms with van der Waals surface area (Å²) < 4.78 is 18.8. The van der Waals surface area contributed by atoms with Gasteiger partial charge < -0.3 is 18.0 Å². The molecule has 0 fully saturated rings. The van der Waals surface area contributed by atoms with Crippen molar-refractivity contribution in [3.8, 4) is 102 Å².